The summed E-state index contributed by atoms with van der Waals surface area (Å²) in [6, 6.07) is 11.4. The van der Waals surface area contributed by atoms with Gasteiger partial charge in [0.25, 0.3) is 11.6 Å². The van der Waals surface area contributed by atoms with Crippen molar-refractivity contribution in [2.75, 3.05) is 5.01 Å². The quantitative estimate of drug-likeness (QED) is 0.223. The van der Waals surface area contributed by atoms with Crippen LogP contribution in [0.5, 0.6) is 0 Å². The van der Waals surface area contributed by atoms with Gasteiger partial charge in [0.05, 0.1) is 15.4 Å². The molecule has 1 amide bonds. The SMILES string of the molecule is Cc1ccc(C)n1N1C(=O)/C(=C\c2ccc(-c3ccc(Cl)cc3[N+](=O)[O-])o2)SC1=S. The zero-order valence-corrected chi connectivity index (χ0v) is 18.2. The number of thioether (sulfide) groups is 1. The molecule has 0 unspecified atom stereocenters. The maximum atomic E-state index is 13.0. The number of nitro groups is 1. The predicted octanol–water partition coefficient (Wildman–Crippen LogP) is 5.46. The smallest absolute Gasteiger partial charge is 0.285 e. The average Bonchev–Trinajstić information content (AvgIpc) is 3.35. The Morgan fingerprint density at radius 1 is 1.17 bits per heavy atom. The molecule has 0 bridgehead atoms. The molecule has 152 valence electrons. The lowest BCUT2D eigenvalue weighted by atomic mass is 10.1. The van der Waals surface area contributed by atoms with Gasteiger partial charge in [-0.15, -0.1) is 0 Å². The number of furan rings is 1. The number of nitro benzene ring substituents is 1. The highest BCUT2D eigenvalue weighted by molar-refractivity contribution is 8.27. The second-order valence-corrected chi connectivity index (χ2v) is 8.65. The van der Waals surface area contributed by atoms with Gasteiger partial charge in [-0.05, 0) is 62.5 Å². The molecule has 0 N–H and O–H groups in total. The molecule has 3 heterocycles. The van der Waals surface area contributed by atoms with E-state index in [4.69, 9.17) is 28.2 Å². The first-order valence-corrected chi connectivity index (χ1v) is 10.3. The van der Waals surface area contributed by atoms with E-state index in [1.54, 1.807) is 29.0 Å². The van der Waals surface area contributed by atoms with Crippen LogP contribution in [0.3, 0.4) is 0 Å². The predicted molar refractivity (Wildman–Crippen MR) is 121 cm³/mol. The van der Waals surface area contributed by atoms with Crippen molar-refractivity contribution in [2.24, 2.45) is 0 Å². The number of nitrogens with zero attached hydrogens (tertiary/aromatic N) is 3. The fourth-order valence-corrected chi connectivity index (χ4v) is 4.56. The number of amides is 1. The van der Waals surface area contributed by atoms with E-state index in [0.29, 0.717) is 26.3 Å². The van der Waals surface area contributed by atoms with Crippen molar-refractivity contribution in [2.45, 2.75) is 13.8 Å². The van der Waals surface area contributed by atoms with Crippen molar-refractivity contribution in [3.8, 4) is 11.3 Å². The number of hydrogen-bond acceptors (Lipinski definition) is 6. The minimum Gasteiger partial charge on any atom is -0.456 e. The van der Waals surface area contributed by atoms with Crippen LogP contribution in [0.1, 0.15) is 17.1 Å². The summed E-state index contributed by atoms with van der Waals surface area (Å²) >= 11 is 12.4. The third-order valence-corrected chi connectivity index (χ3v) is 6.05. The molecule has 7 nitrogen and oxygen atoms in total. The molecule has 1 saturated heterocycles. The highest BCUT2D eigenvalue weighted by Gasteiger charge is 2.35. The summed E-state index contributed by atoms with van der Waals surface area (Å²) < 4.78 is 7.94. The van der Waals surface area contributed by atoms with Crippen LogP contribution in [0.25, 0.3) is 17.4 Å². The molecule has 30 heavy (non-hydrogen) atoms. The number of aryl methyl sites for hydroxylation is 2. The van der Waals surface area contributed by atoms with Crippen molar-refractivity contribution in [1.82, 2.24) is 4.68 Å². The van der Waals surface area contributed by atoms with Gasteiger partial charge in [0.2, 0.25) is 0 Å². The lowest BCUT2D eigenvalue weighted by Crippen LogP contribution is -2.39. The van der Waals surface area contributed by atoms with Crippen molar-refractivity contribution in [3.05, 3.63) is 79.7 Å². The molecular formula is C20H14ClN3O4S2. The van der Waals surface area contributed by atoms with Gasteiger partial charge in [0.1, 0.15) is 11.5 Å². The highest BCUT2D eigenvalue weighted by atomic mass is 35.5. The Morgan fingerprint density at radius 2 is 1.87 bits per heavy atom. The van der Waals surface area contributed by atoms with Gasteiger partial charge < -0.3 is 4.42 Å². The average molecular weight is 460 g/mol. The molecule has 0 aliphatic carbocycles. The zero-order chi connectivity index (χ0) is 21.6. The Balaban J connectivity index is 1.67. The molecule has 1 aromatic carbocycles. The van der Waals surface area contributed by atoms with Crippen LogP contribution in [-0.2, 0) is 4.79 Å². The lowest BCUT2D eigenvalue weighted by molar-refractivity contribution is -0.384. The highest BCUT2D eigenvalue weighted by Crippen LogP contribution is 2.36. The standard InChI is InChI=1S/C20H14ClN3O4S2/c1-11-3-4-12(2)22(11)23-19(25)18(30-20(23)29)10-14-6-8-17(28-14)15-7-5-13(21)9-16(15)24(26)27/h3-10H,1-2H3/b18-10+. The molecule has 4 rings (SSSR count). The number of hydrogen-bond donors (Lipinski definition) is 0. The number of halogens is 1. The monoisotopic (exact) mass is 459 g/mol. The molecule has 10 heteroatoms. The first kappa shape index (κ1) is 20.4. The first-order valence-electron chi connectivity index (χ1n) is 8.73. The molecule has 2 aromatic heterocycles. The molecule has 0 radical (unpaired) electrons. The number of carbonyl (C=O) groups excluding carboxylic acids is 1. The number of aromatic nitrogens is 1. The minimum absolute atomic E-state index is 0.159. The van der Waals surface area contributed by atoms with Gasteiger partial charge in [-0.1, -0.05) is 23.4 Å². The molecule has 0 spiro atoms. The van der Waals surface area contributed by atoms with Crippen molar-refractivity contribution >= 4 is 57.6 Å². The molecule has 3 aromatic rings. The van der Waals surface area contributed by atoms with E-state index in [-0.39, 0.29) is 16.6 Å². The molecule has 0 saturated carbocycles. The van der Waals surface area contributed by atoms with E-state index < -0.39 is 4.92 Å². The maximum absolute atomic E-state index is 13.0. The van der Waals surface area contributed by atoms with Crippen molar-refractivity contribution in [1.29, 1.82) is 0 Å². The van der Waals surface area contributed by atoms with Gasteiger partial charge in [-0.3, -0.25) is 19.6 Å². The Hall–Kier alpha value is -2.88. The van der Waals surface area contributed by atoms with Crippen LogP contribution in [0.4, 0.5) is 5.69 Å². The number of thiocarbonyl (C=S) groups is 1. The fourth-order valence-electron chi connectivity index (χ4n) is 3.18. The summed E-state index contributed by atoms with van der Waals surface area (Å²) in [5.74, 6) is 0.427. The first-order chi connectivity index (χ1) is 14.3. The number of benzene rings is 1. The van der Waals surface area contributed by atoms with E-state index in [1.807, 2.05) is 26.0 Å². The van der Waals surface area contributed by atoms with E-state index in [0.717, 1.165) is 11.4 Å². The van der Waals surface area contributed by atoms with Crippen LogP contribution >= 0.6 is 35.6 Å². The van der Waals surface area contributed by atoms with Crippen molar-refractivity contribution < 1.29 is 14.1 Å². The summed E-state index contributed by atoms with van der Waals surface area (Å²) in [5, 5.41) is 13.0. The topological polar surface area (TPSA) is 81.5 Å². The normalized spacial score (nSPS) is 15.4. The Bertz CT molecular complexity index is 1230. The van der Waals surface area contributed by atoms with Crippen molar-refractivity contribution in [3.63, 3.8) is 0 Å². The van der Waals surface area contributed by atoms with E-state index >= 15 is 0 Å². The number of rotatable bonds is 4. The third-order valence-electron chi connectivity index (χ3n) is 4.53. The number of carbonyl (C=O) groups is 1. The van der Waals surface area contributed by atoms with Gasteiger partial charge in [0, 0.05) is 28.6 Å². The van der Waals surface area contributed by atoms with E-state index in [1.165, 1.54) is 28.9 Å². The van der Waals surface area contributed by atoms with Gasteiger partial charge in [-0.2, -0.15) is 5.01 Å². The summed E-state index contributed by atoms with van der Waals surface area (Å²) in [7, 11) is 0. The largest absolute Gasteiger partial charge is 0.456 e. The van der Waals surface area contributed by atoms with Gasteiger partial charge >= 0.3 is 0 Å². The van der Waals surface area contributed by atoms with Crippen LogP contribution in [-0.4, -0.2) is 19.8 Å². The molecule has 0 atom stereocenters. The lowest BCUT2D eigenvalue weighted by Gasteiger charge is -2.20. The maximum Gasteiger partial charge on any atom is 0.285 e. The molecule has 1 fully saturated rings. The van der Waals surface area contributed by atoms with Gasteiger partial charge in [0.15, 0.2) is 4.32 Å². The van der Waals surface area contributed by atoms with Crippen LogP contribution in [0.2, 0.25) is 5.02 Å². The summed E-state index contributed by atoms with van der Waals surface area (Å²) in [6.07, 6.45) is 1.58. The molecule has 1 aliphatic heterocycles. The van der Waals surface area contributed by atoms with Crippen LogP contribution in [0, 0.1) is 24.0 Å². The summed E-state index contributed by atoms with van der Waals surface area (Å²) in [4.78, 5) is 24.2. The zero-order valence-electron chi connectivity index (χ0n) is 15.8. The van der Waals surface area contributed by atoms with Crippen LogP contribution < -0.4 is 5.01 Å². The third kappa shape index (κ3) is 3.55. The minimum atomic E-state index is -0.518. The van der Waals surface area contributed by atoms with E-state index in [9.17, 15) is 14.9 Å². The Kier molecular flexibility index (Phi) is 5.27. The second-order valence-electron chi connectivity index (χ2n) is 6.54. The summed E-state index contributed by atoms with van der Waals surface area (Å²) in [5.41, 5.74) is 1.92. The second kappa shape index (κ2) is 7.75. The molecular weight excluding hydrogens is 446 g/mol. The van der Waals surface area contributed by atoms with Gasteiger partial charge in [-0.25, -0.2) is 0 Å². The molecule has 1 aliphatic rings. The Labute approximate surface area is 186 Å². The van der Waals surface area contributed by atoms with E-state index in [2.05, 4.69) is 0 Å². The fraction of sp³-hybridized carbons (Fsp3) is 0.100. The Morgan fingerprint density at radius 3 is 2.53 bits per heavy atom. The summed E-state index contributed by atoms with van der Waals surface area (Å²) in [6.45, 7) is 3.79. The van der Waals surface area contributed by atoms with Crippen LogP contribution in [0.15, 0.2) is 51.8 Å².